The molecule has 16 heavy (non-hydrogen) atoms. The highest BCUT2D eigenvalue weighted by molar-refractivity contribution is 5.94. The lowest BCUT2D eigenvalue weighted by atomic mass is 10.2. The van der Waals surface area contributed by atoms with Crippen molar-refractivity contribution in [1.82, 2.24) is 4.98 Å². The monoisotopic (exact) mass is 221 g/mol. The fourth-order valence-electron chi connectivity index (χ4n) is 1.91. The molecular formula is C11H15N3O2. The Labute approximate surface area is 93.8 Å². The summed E-state index contributed by atoms with van der Waals surface area (Å²) in [5, 5.41) is 0. The zero-order chi connectivity index (χ0) is 11.5. The standard InChI is InChI=1S/C11H15N3O2/c12-7-3-4-8(6-7)16-11-9(10(13)15)2-1-5-14-11/h1-2,5,7-8H,3-4,6,12H2,(H2,13,15). The van der Waals surface area contributed by atoms with Gasteiger partial charge in [0.15, 0.2) is 0 Å². The van der Waals surface area contributed by atoms with E-state index < -0.39 is 5.91 Å². The average Bonchev–Trinajstić information content (AvgIpc) is 2.64. The number of hydrogen-bond acceptors (Lipinski definition) is 4. The molecule has 0 spiro atoms. The first-order valence-corrected chi connectivity index (χ1v) is 5.34. The van der Waals surface area contributed by atoms with Crippen molar-refractivity contribution in [2.75, 3.05) is 0 Å². The summed E-state index contributed by atoms with van der Waals surface area (Å²) in [6.45, 7) is 0. The Bertz CT molecular complexity index is 395. The third-order valence-electron chi connectivity index (χ3n) is 2.74. The molecule has 1 aromatic rings. The minimum atomic E-state index is -0.523. The predicted molar refractivity (Wildman–Crippen MR) is 59.0 cm³/mol. The fraction of sp³-hybridized carbons (Fsp3) is 0.455. The topological polar surface area (TPSA) is 91.2 Å². The van der Waals surface area contributed by atoms with Gasteiger partial charge in [0.25, 0.3) is 5.91 Å². The van der Waals surface area contributed by atoms with Crippen LogP contribution in [0.1, 0.15) is 29.6 Å². The molecule has 1 aromatic heterocycles. The molecule has 1 heterocycles. The largest absolute Gasteiger partial charge is 0.474 e. The smallest absolute Gasteiger partial charge is 0.254 e. The van der Waals surface area contributed by atoms with E-state index in [2.05, 4.69) is 4.98 Å². The number of ether oxygens (including phenoxy) is 1. The van der Waals surface area contributed by atoms with Crippen LogP contribution >= 0.6 is 0 Å². The molecule has 1 amide bonds. The summed E-state index contributed by atoms with van der Waals surface area (Å²) in [6, 6.07) is 3.46. The van der Waals surface area contributed by atoms with Crippen LogP contribution in [0.5, 0.6) is 5.88 Å². The normalized spacial score (nSPS) is 24.3. The molecule has 4 N–H and O–H groups in total. The van der Waals surface area contributed by atoms with Gasteiger partial charge in [-0.05, 0) is 31.4 Å². The van der Waals surface area contributed by atoms with Crippen molar-refractivity contribution in [3.05, 3.63) is 23.9 Å². The highest BCUT2D eigenvalue weighted by Gasteiger charge is 2.24. The van der Waals surface area contributed by atoms with Crippen LogP contribution in [0.25, 0.3) is 0 Å². The van der Waals surface area contributed by atoms with Crippen LogP contribution in [0.3, 0.4) is 0 Å². The Morgan fingerprint density at radius 2 is 2.31 bits per heavy atom. The quantitative estimate of drug-likeness (QED) is 0.774. The number of primary amides is 1. The summed E-state index contributed by atoms with van der Waals surface area (Å²) in [7, 11) is 0. The molecule has 0 aliphatic heterocycles. The molecule has 5 heteroatoms. The highest BCUT2D eigenvalue weighted by Crippen LogP contribution is 2.24. The van der Waals surface area contributed by atoms with E-state index in [0.717, 1.165) is 19.3 Å². The van der Waals surface area contributed by atoms with E-state index in [4.69, 9.17) is 16.2 Å². The molecule has 1 saturated carbocycles. The van der Waals surface area contributed by atoms with Crippen molar-refractivity contribution in [1.29, 1.82) is 0 Å². The lowest BCUT2D eigenvalue weighted by Crippen LogP contribution is -2.21. The van der Waals surface area contributed by atoms with Gasteiger partial charge in [-0.3, -0.25) is 4.79 Å². The summed E-state index contributed by atoms with van der Waals surface area (Å²) in [4.78, 5) is 15.2. The Morgan fingerprint density at radius 1 is 1.50 bits per heavy atom. The third-order valence-corrected chi connectivity index (χ3v) is 2.74. The summed E-state index contributed by atoms with van der Waals surface area (Å²) >= 11 is 0. The van der Waals surface area contributed by atoms with Crippen LogP contribution in [0.2, 0.25) is 0 Å². The van der Waals surface area contributed by atoms with Gasteiger partial charge in [-0.25, -0.2) is 4.98 Å². The maximum atomic E-state index is 11.1. The molecule has 0 aromatic carbocycles. The molecule has 86 valence electrons. The van der Waals surface area contributed by atoms with Crippen molar-refractivity contribution in [3.8, 4) is 5.88 Å². The molecule has 1 aliphatic carbocycles. The Hall–Kier alpha value is -1.62. The van der Waals surface area contributed by atoms with Crippen molar-refractivity contribution in [2.24, 2.45) is 11.5 Å². The molecular weight excluding hydrogens is 206 g/mol. The Balaban J connectivity index is 2.12. The molecule has 1 aliphatic rings. The minimum Gasteiger partial charge on any atom is -0.474 e. The lowest BCUT2D eigenvalue weighted by Gasteiger charge is -2.13. The number of pyridine rings is 1. The number of rotatable bonds is 3. The Morgan fingerprint density at radius 3 is 2.94 bits per heavy atom. The molecule has 1 fully saturated rings. The van der Waals surface area contributed by atoms with Crippen LogP contribution in [-0.2, 0) is 0 Å². The molecule has 0 saturated heterocycles. The lowest BCUT2D eigenvalue weighted by molar-refractivity contribution is 0.0991. The number of amides is 1. The fourth-order valence-corrected chi connectivity index (χ4v) is 1.91. The van der Waals surface area contributed by atoms with E-state index in [1.165, 1.54) is 0 Å². The van der Waals surface area contributed by atoms with E-state index in [0.29, 0.717) is 11.4 Å². The molecule has 5 nitrogen and oxygen atoms in total. The third kappa shape index (κ3) is 2.30. The van der Waals surface area contributed by atoms with Gasteiger partial charge < -0.3 is 16.2 Å². The van der Waals surface area contributed by atoms with Crippen LogP contribution in [-0.4, -0.2) is 23.0 Å². The van der Waals surface area contributed by atoms with E-state index in [1.54, 1.807) is 18.3 Å². The first kappa shape index (κ1) is 10.9. The summed E-state index contributed by atoms with van der Waals surface area (Å²) in [6.07, 6.45) is 4.27. The van der Waals surface area contributed by atoms with Crippen molar-refractivity contribution in [3.63, 3.8) is 0 Å². The number of nitrogens with two attached hydrogens (primary N) is 2. The van der Waals surface area contributed by atoms with Crippen molar-refractivity contribution < 1.29 is 9.53 Å². The van der Waals surface area contributed by atoms with Crippen LogP contribution in [0.15, 0.2) is 18.3 Å². The van der Waals surface area contributed by atoms with Gasteiger partial charge in [-0.2, -0.15) is 0 Å². The second kappa shape index (κ2) is 4.49. The van der Waals surface area contributed by atoms with Gasteiger partial charge in [0.2, 0.25) is 5.88 Å². The molecule has 2 unspecified atom stereocenters. The van der Waals surface area contributed by atoms with Gasteiger partial charge in [-0.1, -0.05) is 0 Å². The SMILES string of the molecule is NC(=O)c1cccnc1OC1CCC(N)C1. The molecule has 0 radical (unpaired) electrons. The summed E-state index contributed by atoms with van der Waals surface area (Å²) in [5.41, 5.74) is 11.3. The molecule has 2 atom stereocenters. The van der Waals surface area contributed by atoms with Gasteiger partial charge >= 0.3 is 0 Å². The zero-order valence-corrected chi connectivity index (χ0v) is 8.93. The maximum Gasteiger partial charge on any atom is 0.254 e. The first-order chi connectivity index (χ1) is 7.66. The van der Waals surface area contributed by atoms with E-state index in [-0.39, 0.29) is 12.1 Å². The zero-order valence-electron chi connectivity index (χ0n) is 8.93. The highest BCUT2D eigenvalue weighted by atomic mass is 16.5. The number of hydrogen-bond donors (Lipinski definition) is 2. The predicted octanol–water partition coefficient (Wildman–Crippen LogP) is 0.439. The van der Waals surface area contributed by atoms with Gasteiger partial charge in [0.1, 0.15) is 11.7 Å². The number of aromatic nitrogens is 1. The maximum absolute atomic E-state index is 11.1. The Kier molecular flexibility index (Phi) is 3.05. The molecule has 0 bridgehead atoms. The number of carbonyl (C=O) groups is 1. The van der Waals surface area contributed by atoms with Crippen molar-refractivity contribution in [2.45, 2.75) is 31.4 Å². The van der Waals surface area contributed by atoms with Crippen LogP contribution < -0.4 is 16.2 Å². The van der Waals surface area contributed by atoms with Gasteiger partial charge in [0, 0.05) is 12.2 Å². The number of carbonyl (C=O) groups excluding carboxylic acids is 1. The van der Waals surface area contributed by atoms with E-state index in [9.17, 15) is 4.79 Å². The average molecular weight is 221 g/mol. The van der Waals surface area contributed by atoms with Gasteiger partial charge in [-0.15, -0.1) is 0 Å². The van der Waals surface area contributed by atoms with Crippen LogP contribution in [0, 0.1) is 0 Å². The second-order valence-electron chi connectivity index (χ2n) is 4.03. The minimum absolute atomic E-state index is 0.0444. The number of nitrogens with zero attached hydrogens (tertiary/aromatic N) is 1. The van der Waals surface area contributed by atoms with E-state index in [1.807, 2.05) is 0 Å². The van der Waals surface area contributed by atoms with Crippen LogP contribution in [0.4, 0.5) is 0 Å². The summed E-state index contributed by atoms with van der Waals surface area (Å²) < 4.78 is 5.65. The molecule has 2 rings (SSSR count). The van der Waals surface area contributed by atoms with Gasteiger partial charge in [0.05, 0.1) is 0 Å². The van der Waals surface area contributed by atoms with E-state index >= 15 is 0 Å². The second-order valence-corrected chi connectivity index (χ2v) is 4.03. The van der Waals surface area contributed by atoms with Crippen molar-refractivity contribution >= 4 is 5.91 Å². The summed E-state index contributed by atoms with van der Waals surface area (Å²) in [5.74, 6) is -0.209. The first-order valence-electron chi connectivity index (χ1n) is 5.34.